The topological polar surface area (TPSA) is 35.8 Å². The normalized spacial score (nSPS) is 16.9. The van der Waals surface area contributed by atoms with Gasteiger partial charge in [0.25, 0.3) is 0 Å². The summed E-state index contributed by atoms with van der Waals surface area (Å²) in [6.45, 7) is 0. The van der Waals surface area contributed by atoms with E-state index < -0.39 is 11.7 Å². The van der Waals surface area contributed by atoms with Crippen molar-refractivity contribution in [2.24, 2.45) is 0 Å². The summed E-state index contributed by atoms with van der Waals surface area (Å²) in [5.41, 5.74) is 1.48. The summed E-state index contributed by atoms with van der Waals surface area (Å²) in [7, 11) is 0. The molecule has 0 unspecified atom stereocenters. The van der Waals surface area contributed by atoms with E-state index in [0.29, 0.717) is 5.69 Å². The number of benzene rings is 2. The Hall–Kier alpha value is -2.48. The number of hydrogen-bond donors (Lipinski definition) is 1. The number of rotatable bonds is 2. The Kier molecular flexibility index (Phi) is 3.53. The molecule has 1 N–H and O–H groups in total. The lowest BCUT2D eigenvalue weighted by Gasteiger charge is -2.17. The van der Waals surface area contributed by atoms with Gasteiger partial charge < -0.3 is 5.32 Å². The van der Waals surface area contributed by atoms with E-state index in [9.17, 15) is 13.2 Å². The van der Waals surface area contributed by atoms with Gasteiger partial charge in [0.15, 0.2) is 0 Å². The molecule has 0 fully saturated rings. The third kappa shape index (κ3) is 2.64. The van der Waals surface area contributed by atoms with E-state index in [1.54, 1.807) is 6.07 Å². The van der Waals surface area contributed by atoms with Gasteiger partial charge in [-0.1, -0.05) is 24.3 Å². The van der Waals surface area contributed by atoms with Crippen LogP contribution in [0.4, 0.5) is 18.9 Å². The van der Waals surface area contributed by atoms with Gasteiger partial charge in [0.05, 0.1) is 23.2 Å². The highest BCUT2D eigenvalue weighted by Gasteiger charge is 2.34. The number of fused-ring (bicyclic) bond motifs is 1. The van der Waals surface area contributed by atoms with Crippen LogP contribution in [0.25, 0.3) is 0 Å². The van der Waals surface area contributed by atoms with E-state index >= 15 is 0 Å². The van der Waals surface area contributed by atoms with E-state index in [1.807, 2.05) is 24.3 Å². The first-order chi connectivity index (χ1) is 10.5. The largest absolute Gasteiger partial charge is 0.417 e. The summed E-state index contributed by atoms with van der Waals surface area (Å²) in [5, 5.41) is 12.0. The van der Waals surface area contributed by atoms with Crippen LogP contribution in [0.2, 0.25) is 0 Å². The number of halogens is 3. The smallest absolute Gasteiger partial charge is 0.378 e. The average Bonchev–Trinajstić information content (AvgIpc) is 2.90. The summed E-state index contributed by atoms with van der Waals surface area (Å²) in [4.78, 5) is 0. The van der Waals surface area contributed by atoms with Crippen LogP contribution in [0.5, 0.6) is 0 Å². The maximum absolute atomic E-state index is 13.0. The molecule has 1 aliphatic carbocycles. The Morgan fingerprint density at radius 3 is 2.64 bits per heavy atom. The predicted molar refractivity (Wildman–Crippen MR) is 77.3 cm³/mol. The first-order valence-corrected chi connectivity index (χ1v) is 6.95. The van der Waals surface area contributed by atoms with Crippen molar-refractivity contribution in [1.82, 2.24) is 0 Å². The van der Waals surface area contributed by atoms with Gasteiger partial charge >= 0.3 is 6.18 Å². The van der Waals surface area contributed by atoms with Gasteiger partial charge in [-0.3, -0.25) is 0 Å². The number of alkyl halides is 3. The third-order valence-electron chi connectivity index (χ3n) is 3.92. The fourth-order valence-corrected chi connectivity index (χ4v) is 2.87. The minimum Gasteiger partial charge on any atom is -0.378 e. The Labute approximate surface area is 126 Å². The minimum absolute atomic E-state index is 0.00483. The molecule has 0 saturated heterocycles. The van der Waals surface area contributed by atoms with Crippen molar-refractivity contribution < 1.29 is 13.2 Å². The lowest BCUT2D eigenvalue weighted by Crippen LogP contribution is -2.11. The standard InChI is InChI=1S/C17H13F3N2/c18-17(19,20)15-9-13(7-5-12(15)10-21)22-16-8-6-11-3-1-2-4-14(11)16/h1-5,7,9,16,22H,6,8H2/t16-/m1/s1. The summed E-state index contributed by atoms with van der Waals surface area (Å²) in [6, 6.07) is 13.3. The SMILES string of the molecule is N#Cc1ccc(N[C@@H]2CCc3ccccc32)cc1C(F)(F)F. The molecule has 3 rings (SSSR count). The molecule has 1 atom stereocenters. The van der Waals surface area contributed by atoms with E-state index in [1.165, 1.54) is 17.7 Å². The highest BCUT2D eigenvalue weighted by molar-refractivity contribution is 5.55. The monoisotopic (exact) mass is 302 g/mol. The highest BCUT2D eigenvalue weighted by atomic mass is 19.4. The number of hydrogen-bond acceptors (Lipinski definition) is 2. The molecule has 0 aromatic heterocycles. The first-order valence-electron chi connectivity index (χ1n) is 6.95. The molecule has 0 saturated carbocycles. The second-order valence-corrected chi connectivity index (χ2v) is 5.30. The summed E-state index contributed by atoms with van der Waals surface area (Å²) in [5.74, 6) is 0. The van der Waals surface area contributed by atoms with Gasteiger partial charge in [-0.15, -0.1) is 0 Å². The zero-order valence-corrected chi connectivity index (χ0v) is 11.6. The summed E-state index contributed by atoms with van der Waals surface area (Å²) >= 11 is 0. The maximum Gasteiger partial charge on any atom is 0.417 e. The van der Waals surface area contributed by atoms with Crippen molar-refractivity contribution in [3.8, 4) is 6.07 Å². The molecule has 22 heavy (non-hydrogen) atoms. The zero-order chi connectivity index (χ0) is 15.7. The van der Waals surface area contributed by atoms with Gasteiger partial charge in [0.1, 0.15) is 0 Å². The predicted octanol–water partition coefficient (Wildman–Crippen LogP) is 4.68. The van der Waals surface area contributed by atoms with Crippen LogP contribution in [-0.2, 0) is 12.6 Å². The molecule has 0 aliphatic heterocycles. The van der Waals surface area contributed by atoms with Gasteiger partial charge in [-0.2, -0.15) is 18.4 Å². The van der Waals surface area contributed by atoms with Gasteiger partial charge in [0, 0.05) is 5.69 Å². The quantitative estimate of drug-likeness (QED) is 0.874. The molecule has 2 aromatic carbocycles. The second kappa shape index (κ2) is 5.38. The fraction of sp³-hybridized carbons (Fsp3) is 0.235. The Morgan fingerprint density at radius 1 is 1.14 bits per heavy atom. The molecule has 0 spiro atoms. The number of nitriles is 1. The van der Waals surface area contributed by atoms with Crippen LogP contribution >= 0.6 is 0 Å². The lowest BCUT2D eigenvalue weighted by atomic mass is 10.1. The summed E-state index contributed by atoms with van der Waals surface area (Å²) < 4.78 is 39.0. The molecule has 2 aromatic rings. The van der Waals surface area contributed by atoms with Crippen LogP contribution < -0.4 is 5.32 Å². The van der Waals surface area contributed by atoms with Crippen molar-refractivity contribution in [2.45, 2.75) is 25.1 Å². The number of nitrogens with zero attached hydrogens (tertiary/aromatic N) is 1. The second-order valence-electron chi connectivity index (χ2n) is 5.30. The van der Waals surface area contributed by atoms with Gasteiger partial charge in [0.2, 0.25) is 0 Å². The van der Waals surface area contributed by atoms with Crippen LogP contribution in [0.3, 0.4) is 0 Å². The molecule has 2 nitrogen and oxygen atoms in total. The average molecular weight is 302 g/mol. The van der Waals surface area contributed by atoms with Crippen molar-refractivity contribution in [3.05, 3.63) is 64.7 Å². The van der Waals surface area contributed by atoms with Crippen molar-refractivity contribution >= 4 is 5.69 Å². The van der Waals surface area contributed by atoms with E-state index in [4.69, 9.17) is 5.26 Å². The molecule has 1 aliphatic rings. The third-order valence-corrected chi connectivity index (χ3v) is 3.92. The number of nitrogens with one attached hydrogen (secondary N) is 1. The Balaban J connectivity index is 1.90. The molecule has 0 radical (unpaired) electrons. The Bertz CT molecular complexity index is 744. The molecular formula is C17H13F3N2. The minimum atomic E-state index is -4.53. The lowest BCUT2D eigenvalue weighted by molar-refractivity contribution is -0.137. The maximum atomic E-state index is 13.0. The summed E-state index contributed by atoms with van der Waals surface area (Å²) in [6.07, 6.45) is -2.77. The number of aryl methyl sites for hydroxylation is 1. The van der Waals surface area contributed by atoms with Crippen LogP contribution in [0.15, 0.2) is 42.5 Å². The van der Waals surface area contributed by atoms with E-state index in [-0.39, 0.29) is 11.6 Å². The highest BCUT2D eigenvalue weighted by Crippen LogP contribution is 2.37. The van der Waals surface area contributed by atoms with Crippen molar-refractivity contribution in [2.75, 3.05) is 5.32 Å². The van der Waals surface area contributed by atoms with E-state index in [2.05, 4.69) is 5.32 Å². The zero-order valence-electron chi connectivity index (χ0n) is 11.6. The van der Waals surface area contributed by atoms with E-state index in [0.717, 1.165) is 24.5 Å². The van der Waals surface area contributed by atoms with Gasteiger partial charge in [-0.25, -0.2) is 0 Å². The molecule has 0 bridgehead atoms. The van der Waals surface area contributed by atoms with Crippen LogP contribution in [0.1, 0.15) is 34.7 Å². The Morgan fingerprint density at radius 2 is 1.91 bits per heavy atom. The van der Waals surface area contributed by atoms with Crippen LogP contribution in [0, 0.1) is 11.3 Å². The van der Waals surface area contributed by atoms with Gasteiger partial charge in [-0.05, 0) is 42.2 Å². The van der Waals surface area contributed by atoms with Crippen LogP contribution in [-0.4, -0.2) is 0 Å². The van der Waals surface area contributed by atoms with Crippen molar-refractivity contribution in [1.29, 1.82) is 5.26 Å². The fourth-order valence-electron chi connectivity index (χ4n) is 2.87. The molecule has 112 valence electrons. The molecule has 0 heterocycles. The molecular weight excluding hydrogens is 289 g/mol. The van der Waals surface area contributed by atoms with Crippen molar-refractivity contribution in [3.63, 3.8) is 0 Å². The number of anilines is 1. The molecule has 0 amide bonds. The first kappa shape index (κ1) is 14.5. The molecule has 5 heteroatoms.